The minimum Gasteiger partial charge on any atom is -0.494 e. The average Bonchev–Trinajstić information content (AvgIpc) is 2.47. The number of hydrogen-bond donors (Lipinski definition) is 2. The van der Waals surface area contributed by atoms with Crippen LogP contribution >= 0.6 is 0 Å². The van der Waals surface area contributed by atoms with Crippen molar-refractivity contribution in [3.8, 4) is 17.0 Å². The summed E-state index contributed by atoms with van der Waals surface area (Å²) in [6.07, 6.45) is 2.08. The summed E-state index contributed by atoms with van der Waals surface area (Å²) >= 11 is 0. The third-order valence-electron chi connectivity index (χ3n) is 3.36. The van der Waals surface area contributed by atoms with Crippen LogP contribution in [0.5, 0.6) is 5.75 Å². The monoisotopic (exact) mass is 302 g/mol. The molecular formula is C17H22N2O3. The highest BCUT2D eigenvalue weighted by Gasteiger charge is 2.21. The van der Waals surface area contributed by atoms with Gasteiger partial charge in [0.15, 0.2) is 0 Å². The van der Waals surface area contributed by atoms with Crippen molar-refractivity contribution in [1.29, 1.82) is 0 Å². The van der Waals surface area contributed by atoms with Crippen LogP contribution in [0.4, 0.5) is 0 Å². The van der Waals surface area contributed by atoms with Gasteiger partial charge in [0.25, 0.3) is 5.56 Å². The minimum absolute atomic E-state index is 0.287. The van der Waals surface area contributed by atoms with Crippen molar-refractivity contribution in [3.63, 3.8) is 0 Å². The van der Waals surface area contributed by atoms with Gasteiger partial charge in [0.2, 0.25) is 0 Å². The molecule has 0 saturated heterocycles. The fourth-order valence-corrected chi connectivity index (χ4v) is 2.09. The molecule has 2 aromatic rings. The Morgan fingerprint density at radius 1 is 1.32 bits per heavy atom. The quantitative estimate of drug-likeness (QED) is 0.805. The Balaban J connectivity index is 2.32. The van der Waals surface area contributed by atoms with Crippen LogP contribution in [0.3, 0.4) is 0 Å². The maximum atomic E-state index is 11.8. The Hall–Kier alpha value is -2.14. The van der Waals surface area contributed by atoms with Crippen LogP contribution in [0.1, 0.15) is 39.2 Å². The predicted molar refractivity (Wildman–Crippen MR) is 85.9 cm³/mol. The van der Waals surface area contributed by atoms with E-state index in [1.54, 1.807) is 19.9 Å². The normalized spacial score (nSPS) is 11.5. The molecule has 0 fully saturated rings. The second-order valence-corrected chi connectivity index (χ2v) is 5.78. The molecular weight excluding hydrogens is 280 g/mol. The number of aromatic nitrogens is 2. The molecule has 0 aliphatic carbocycles. The lowest BCUT2D eigenvalue weighted by molar-refractivity contribution is 0.0769. The summed E-state index contributed by atoms with van der Waals surface area (Å²) in [4.78, 5) is 11.8. The van der Waals surface area contributed by atoms with E-state index in [9.17, 15) is 9.90 Å². The highest BCUT2D eigenvalue weighted by atomic mass is 16.5. The molecule has 1 heterocycles. The lowest BCUT2D eigenvalue weighted by atomic mass is 9.98. The largest absolute Gasteiger partial charge is 0.494 e. The third kappa shape index (κ3) is 3.95. The molecule has 2 rings (SSSR count). The maximum Gasteiger partial charge on any atom is 0.270 e. The molecule has 118 valence electrons. The summed E-state index contributed by atoms with van der Waals surface area (Å²) in [5.74, 6) is 0.767. The Morgan fingerprint density at radius 3 is 2.77 bits per heavy atom. The van der Waals surface area contributed by atoms with Crippen LogP contribution in [0.15, 0.2) is 35.1 Å². The van der Waals surface area contributed by atoms with Gasteiger partial charge in [-0.25, -0.2) is 5.10 Å². The molecule has 0 atom stereocenters. The second-order valence-electron chi connectivity index (χ2n) is 5.78. The van der Waals surface area contributed by atoms with E-state index in [0.29, 0.717) is 12.3 Å². The standard InChI is InChI=1S/C17H22N2O3/c1-4-5-9-22-13-8-6-7-12(10-13)15-11-14(17(2,3)21)16(20)19-18-15/h6-8,10-11,21H,4-5,9H2,1-3H3,(H,19,20). The van der Waals surface area contributed by atoms with Crippen molar-refractivity contribution >= 4 is 0 Å². The van der Waals surface area contributed by atoms with Crippen LogP contribution in [0, 0.1) is 0 Å². The summed E-state index contributed by atoms with van der Waals surface area (Å²) in [6, 6.07) is 9.16. The molecule has 0 unspecified atom stereocenters. The highest BCUT2D eigenvalue weighted by molar-refractivity contribution is 5.61. The predicted octanol–water partition coefficient (Wildman–Crippen LogP) is 2.84. The molecule has 22 heavy (non-hydrogen) atoms. The number of aliphatic hydroxyl groups is 1. The Labute approximate surface area is 130 Å². The van der Waals surface area contributed by atoms with E-state index in [0.717, 1.165) is 24.2 Å². The molecule has 5 nitrogen and oxygen atoms in total. The Morgan fingerprint density at radius 2 is 2.09 bits per heavy atom. The van der Waals surface area contributed by atoms with Crippen molar-refractivity contribution in [2.45, 2.75) is 39.2 Å². The van der Waals surface area contributed by atoms with Crippen LogP contribution < -0.4 is 10.3 Å². The van der Waals surface area contributed by atoms with Gasteiger partial charge in [0.1, 0.15) is 5.75 Å². The zero-order valence-electron chi connectivity index (χ0n) is 13.2. The molecule has 0 radical (unpaired) electrons. The number of nitrogens with one attached hydrogen (secondary N) is 1. The van der Waals surface area contributed by atoms with Gasteiger partial charge in [-0.15, -0.1) is 0 Å². The SMILES string of the molecule is CCCCOc1cccc(-c2cc(C(C)(C)O)c(=O)[nH]n2)c1. The van der Waals surface area contributed by atoms with Crippen LogP contribution in [-0.4, -0.2) is 21.9 Å². The molecule has 0 amide bonds. The topological polar surface area (TPSA) is 75.2 Å². The van der Waals surface area contributed by atoms with Gasteiger partial charge < -0.3 is 9.84 Å². The molecule has 0 saturated carbocycles. The smallest absolute Gasteiger partial charge is 0.270 e. The van der Waals surface area contributed by atoms with Gasteiger partial charge in [-0.3, -0.25) is 4.79 Å². The lowest BCUT2D eigenvalue weighted by Crippen LogP contribution is -2.27. The first kappa shape index (κ1) is 16.2. The summed E-state index contributed by atoms with van der Waals surface area (Å²) in [7, 11) is 0. The van der Waals surface area contributed by atoms with Crippen LogP contribution in [-0.2, 0) is 5.60 Å². The van der Waals surface area contributed by atoms with Gasteiger partial charge in [0, 0.05) is 5.56 Å². The molecule has 2 N–H and O–H groups in total. The molecule has 0 aliphatic heterocycles. The van der Waals surface area contributed by atoms with Gasteiger partial charge >= 0.3 is 0 Å². The average molecular weight is 302 g/mol. The third-order valence-corrected chi connectivity index (χ3v) is 3.36. The lowest BCUT2D eigenvalue weighted by Gasteiger charge is -2.17. The van der Waals surface area contributed by atoms with Gasteiger partial charge in [-0.05, 0) is 38.5 Å². The number of hydrogen-bond acceptors (Lipinski definition) is 4. The van der Waals surface area contributed by atoms with Crippen molar-refractivity contribution < 1.29 is 9.84 Å². The zero-order valence-corrected chi connectivity index (χ0v) is 13.2. The fraction of sp³-hybridized carbons (Fsp3) is 0.412. The first-order valence-electron chi connectivity index (χ1n) is 7.47. The van der Waals surface area contributed by atoms with Crippen LogP contribution in [0.2, 0.25) is 0 Å². The number of ether oxygens (including phenoxy) is 1. The van der Waals surface area contributed by atoms with Crippen molar-refractivity contribution in [1.82, 2.24) is 10.2 Å². The number of aromatic amines is 1. The molecule has 0 spiro atoms. The van der Waals surface area contributed by atoms with E-state index < -0.39 is 5.60 Å². The number of benzene rings is 1. The van der Waals surface area contributed by atoms with E-state index in [2.05, 4.69) is 17.1 Å². The van der Waals surface area contributed by atoms with E-state index in [4.69, 9.17) is 4.74 Å². The minimum atomic E-state index is -1.22. The first-order chi connectivity index (χ1) is 10.4. The number of rotatable bonds is 6. The van der Waals surface area contributed by atoms with Crippen molar-refractivity contribution in [2.75, 3.05) is 6.61 Å². The fourth-order valence-electron chi connectivity index (χ4n) is 2.09. The number of H-pyrrole nitrogens is 1. The van der Waals surface area contributed by atoms with Crippen LogP contribution in [0.25, 0.3) is 11.3 Å². The number of unbranched alkanes of at least 4 members (excludes halogenated alkanes) is 1. The molecule has 0 aliphatic rings. The summed E-state index contributed by atoms with van der Waals surface area (Å²) in [6.45, 7) is 5.94. The van der Waals surface area contributed by atoms with E-state index in [1.165, 1.54) is 0 Å². The Bertz CT molecular complexity index is 687. The molecule has 1 aromatic carbocycles. The molecule has 5 heteroatoms. The molecule has 1 aromatic heterocycles. The Kier molecular flexibility index (Phi) is 4.98. The van der Waals surface area contributed by atoms with E-state index in [1.807, 2.05) is 24.3 Å². The highest BCUT2D eigenvalue weighted by Crippen LogP contribution is 2.24. The second kappa shape index (κ2) is 6.75. The van der Waals surface area contributed by atoms with E-state index >= 15 is 0 Å². The summed E-state index contributed by atoms with van der Waals surface area (Å²) in [5.41, 5.74) is 0.107. The van der Waals surface area contributed by atoms with Gasteiger partial charge in [0.05, 0.1) is 23.5 Å². The first-order valence-corrected chi connectivity index (χ1v) is 7.47. The van der Waals surface area contributed by atoms with E-state index in [-0.39, 0.29) is 11.1 Å². The number of nitrogens with zero attached hydrogens (tertiary/aromatic N) is 1. The van der Waals surface area contributed by atoms with Crippen molar-refractivity contribution in [2.24, 2.45) is 0 Å². The summed E-state index contributed by atoms with van der Waals surface area (Å²) < 4.78 is 5.68. The van der Waals surface area contributed by atoms with Gasteiger partial charge in [-0.1, -0.05) is 25.5 Å². The molecule has 0 bridgehead atoms. The maximum absolute atomic E-state index is 11.8. The van der Waals surface area contributed by atoms with Gasteiger partial charge in [-0.2, -0.15) is 5.10 Å². The summed E-state index contributed by atoms with van der Waals surface area (Å²) in [5, 5.41) is 16.6. The van der Waals surface area contributed by atoms with Crippen molar-refractivity contribution in [3.05, 3.63) is 46.2 Å². The zero-order chi connectivity index (χ0) is 16.2.